The molecule has 1 N–H and O–H groups in total. The minimum Gasteiger partial charge on any atom is -0.492 e. The summed E-state index contributed by atoms with van der Waals surface area (Å²) in [6.07, 6.45) is 0.0528. The summed E-state index contributed by atoms with van der Waals surface area (Å²) in [6, 6.07) is 13.8. The van der Waals surface area contributed by atoms with Gasteiger partial charge in [0.15, 0.2) is 0 Å². The molecule has 154 valence electrons. The molecular formula is C22H26N2O5. The van der Waals surface area contributed by atoms with E-state index in [4.69, 9.17) is 9.47 Å². The fourth-order valence-electron chi connectivity index (χ4n) is 2.81. The first-order valence-corrected chi connectivity index (χ1v) is 9.53. The standard InChI is InChI=1S/C22H26N2O5/c1-4-28-20-13-9-8-12-19(20)24(16(3)25)15-14-21(26)23-18-11-7-6-10-17(18)22(27)29-5-2/h6-13H,4-5,14-15H2,1-3H3,(H,23,26). The Kier molecular flexibility index (Phi) is 8.21. The quantitative estimate of drug-likeness (QED) is 0.652. The maximum Gasteiger partial charge on any atom is 0.340 e. The van der Waals surface area contributed by atoms with Crippen LogP contribution in [-0.2, 0) is 14.3 Å². The molecule has 2 rings (SSSR count). The Morgan fingerprint density at radius 1 is 0.966 bits per heavy atom. The van der Waals surface area contributed by atoms with E-state index in [-0.39, 0.29) is 37.0 Å². The van der Waals surface area contributed by atoms with Gasteiger partial charge in [-0.15, -0.1) is 0 Å². The molecule has 2 aromatic rings. The molecule has 7 heteroatoms. The predicted octanol–water partition coefficient (Wildman–Crippen LogP) is 3.64. The number of nitrogens with one attached hydrogen (secondary N) is 1. The van der Waals surface area contributed by atoms with Crippen LogP contribution in [0.4, 0.5) is 11.4 Å². The van der Waals surface area contributed by atoms with E-state index >= 15 is 0 Å². The summed E-state index contributed by atoms with van der Waals surface area (Å²) < 4.78 is 10.6. The van der Waals surface area contributed by atoms with Gasteiger partial charge in [-0.3, -0.25) is 9.59 Å². The molecule has 0 aliphatic heterocycles. The lowest BCUT2D eigenvalue weighted by Crippen LogP contribution is -2.32. The fraction of sp³-hybridized carbons (Fsp3) is 0.318. The largest absolute Gasteiger partial charge is 0.492 e. The lowest BCUT2D eigenvalue weighted by atomic mass is 10.1. The smallest absolute Gasteiger partial charge is 0.340 e. The molecular weight excluding hydrogens is 372 g/mol. The van der Waals surface area contributed by atoms with E-state index in [1.54, 1.807) is 43.3 Å². The Balaban J connectivity index is 2.10. The summed E-state index contributed by atoms with van der Waals surface area (Å²) in [6.45, 7) is 5.91. The molecule has 29 heavy (non-hydrogen) atoms. The van der Waals surface area contributed by atoms with Gasteiger partial charge in [-0.2, -0.15) is 0 Å². The number of ether oxygens (including phenoxy) is 2. The number of amides is 2. The van der Waals surface area contributed by atoms with Crippen LogP contribution in [0.1, 0.15) is 37.6 Å². The van der Waals surface area contributed by atoms with Crippen LogP contribution in [0.5, 0.6) is 5.75 Å². The first-order valence-electron chi connectivity index (χ1n) is 9.53. The van der Waals surface area contributed by atoms with Crippen molar-refractivity contribution in [3.05, 3.63) is 54.1 Å². The van der Waals surface area contributed by atoms with Gasteiger partial charge in [0.25, 0.3) is 0 Å². The Bertz CT molecular complexity index is 866. The summed E-state index contributed by atoms with van der Waals surface area (Å²) in [5, 5.41) is 2.73. The Labute approximate surface area is 170 Å². The van der Waals surface area contributed by atoms with Gasteiger partial charge < -0.3 is 19.7 Å². The number of nitrogens with zero attached hydrogens (tertiary/aromatic N) is 1. The molecule has 0 aliphatic rings. The summed E-state index contributed by atoms with van der Waals surface area (Å²) in [5.74, 6) is -0.434. The van der Waals surface area contributed by atoms with Crippen molar-refractivity contribution >= 4 is 29.2 Å². The van der Waals surface area contributed by atoms with Gasteiger partial charge in [0, 0.05) is 19.9 Å². The van der Waals surface area contributed by atoms with Crippen molar-refractivity contribution in [2.24, 2.45) is 0 Å². The van der Waals surface area contributed by atoms with Crippen molar-refractivity contribution in [1.82, 2.24) is 0 Å². The van der Waals surface area contributed by atoms with E-state index in [9.17, 15) is 14.4 Å². The third-order valence-corrected chi connectivity index (χ3v) is 4.09. The fourth-order valence-corrected chi connectivity index (χ4v) is 2.81. The summed E-state index contributed by atoms with van der Waals surface area (Å²) >= 11 is 0. The molecule has 0 atom stereocenters. The minimum atomic E-state index is -0.501. The van der Waals surface area contributed by atoms with Crippen LogP contribution in [-0.4, -0.2) is 37.5 Å². The Morgan fingerprint density at radius 3 is 2.34 bits per heavy atom. The van der Waals surface area contributed by atoms with Crippen molar-refractivity contribution in [3.8, 4) is 5.75 Å². The number of hydrogen-bond donors (Lipinski definition) is 1. The molecule has 2 amide bonds. The maximum absolute atomic E-state index is 12.5. The van der Waals surface area contributed by atoms with Crippen molar-refractivity contribution in [2.75, 3.05) is 30.0 Å². The van der Waals surface area contributed by atoms with E-state index in [1.807, 2.05) is 19.1 Å². The number of carbonyl (C=O) groups excluding carboxylic acids is 3. The zero-order valence-corrected chi connectivity index (χ0v) is 16.9. The first-order chi connectivity index (χ1) is 14.0. The molecule has 0 heterocycles. The monoisotopic (exact) mass is 398 g/mol. The maximum atomic E-state index is 12.5. The number of para-hydroxylation sites is 3. The van der Waals surface area contributed by atoms with E-state index < -0.39 is 5.97 Å². The van der Waals surface area contributed by atoms with Crippen molar-refractivity contribution in [3.63, 3.8) is 0 Å². The SMILES string of the molecule is CCOC(=O)c1ccccc1NC(=O)CCN(C(C)=O)c1ccccc1OCC. The average molecular weight is 398 g/mol. The number of carbonyl (C=O) groups is 3. The van der Waals surface area contributed by atoms with E-state index in [0.717, 1.165) is 0 Å². The van der Waals surface area contributed by atoms with Crippen LogP contribution in [0.15, 0.2) is 48.5 Å². The van der Waals surface area contributed by atoms with Crippen LogP contribution in [0.3, 0.4) is 0 Å². The number of hydrogen-bond acceptors (Lipinski definition) is 5. The number of rotatable bonds is 9. The second kappa shape index (κ2) is 10.8. The van der Waals surface area contributed by atoms with Gasteiger partial charge in [0.05, 0.1) is 30.2 Å². The molecule has 0 aromatic heterocycles. The normalized spacial score (nSPS) is 10.2. The molecule has 0 bridgehead atoms. The Hall–Kier alpha value is -3.35. The second-order valence-electron chi connectivity index (χ2n) is 6.14. The van der Waals surface area contributed by atoms with E-state index in [2.05, 4.69) is 5.32 Å². The number of benzene rings is 2. The van der Waals surface area contributed by atoms with E-state index in [1.165, 1.54) is 11.8 Å². The van der Waals surface area contributed by atoms with E-state index in [0.29, 0.717) is 23.7 Å². The van der Waals surface area contributed by atoms with Gasteiger partial charge in [-0.1, -0.05) is 24.3 Å². The number of anilines is 2. The zero-order valence-electron chi connectivity index (χ0n) is 16.9. The van der Waals surface area contributed by atoms with Crippen LogP contribution in [0, 0.1) is 0 Å². The molecule has 7 nitrogen and oxygen atoms in total. The topological polar surface area (TPSA) is 84.9 Å². The number of esters is 1. The minimum absolute atomic E-state index is 0.0528. The summed E-state index contributed by atoms with van der Waals surface area (Å²) in [7, 11) is 0. The lowest BCUT2D eigenvalue weighted by Gasteiger charge is -2.23. The highest BCUT2D eigenvalue weighted by Gasteiger charge is 2.19. The lowest BCUT2D eigenvalue weighted by molar-refractivity contribution is -0.117. The molecule has 2 aromatic carbocycles. The molecule has 0 unspecified atom stereocenters. The molecule has 0 saturated carbocycles. The molecule has 0 radical (unpaired) electrons. The van der Waals surface area contributed by atoms with Crippen LogP contribution >= 0.6 is 0 Å². The third-order valence-electron chi connectivity index (χ3n) is 4.09. The Morgan fingerprint density at radius 2 is 1.66 bits per heavy atom. The van der Waals surface area contributed by atoms with Crippen molar-refractivity contribution in [2.45, 2.75) is 27.2 Å². The molecule has 0 saturated heterocycles. The third kappa shape index (κ3) is 6.07. The highest BCUT2D eigenvalue weighted by molar-refractivity contribution is 6.02. The highest BCUT2D eigenvalue weighted by atomic mass is 16.5. The van der Waals surface area contributed by atoms with Gasteiger partial charge in [-0.05, 0) is 38.1 Å². The van der Waals surface area contributed by atoms with Gasteiger partial charge >= 0.3 is 5.97 Å². The first kappa shape index (κ1) is 21.9. The summed E-state index contributed by atoms with van der Waals surface area (Å²) in [4.78, 5) is 38.2. The predicted molar refractivity (Wildman–Crippen MR) is 111 cm³/mol. The van der Waals surface area contributed by atoms with Crippen molar-refractivity contribution < 1.29 is 23.9 Å². The molecule has 0 aliphatic carbocycles. The zero-order chi connectivity index (χ0) is 21.2. The van der Waals surface area contributed by atoms with Gasteiger partial charge in [0.2, 0.25) is 11.8 Å². The van der Waals surface area contributed by atoms with Crippen LogP contribution in [0.2, 0.25) is 0 Å². The van der Waals surface area contributed by atoms with Crippen LogP contribution in [0.25, 0.3) is 0 Å². The average Bonchev–Trinajstić information content (AvgIpc) is 2.70. The van der Waals surface area contributed by atoms with Gasteiger partial charge in [0.1, 0.15) is 5.75 Å². The van der Waals surface area contributed by atoms with Gasteiger partial charge in [-0.25, -0.2) is 4.79 Å². The second-order valence-corrected chi connectivity index (χ2v) is 6.14. The molecule has 0 spiro atoms. The highest BCUT2D eigenvalue weighted by Crippen LogP contribution is 2.28. The van der Waals surface area contributed by atoms with Crippen molar-refractivity contribution in [1.29, 1.82) is 0 Å². The van der Waals surface area contributed by atoms with Crippen LogP contribution < -0.4 is 15.0 Å². The molecule has 0 fully saturated rings. The summed E-state index contributed by atoms with van der Waals surface area (Å²) in [5.41, 5.74) is 1.27.